The summed E-state index contributed by atoms with van der Waals surface area (Å²) >= 11 is 0. The van der Waals surface area contributed by atoms with Gasteiger partial charge < -0.3 is 10.2 Å². The topological polar surface area (TPSA) is 43.7 Å². The molecule has 0 aliphatic carbocycles. The number of rotatable bonds is 8. The van der Waals surface area contributed by atoms with Gasteiger partial charge in [-0.15, -0.1) is 0 Å². The normalized spacial score (nSPS) is 14.0. The Morgan fingerprint density at radius 3 is 2.30 bits per heavy atom. The predicted octanol–water partition coefficient (Wildman–Crippen LogP) is 3.13. The summed E-state index contributed by atoms with van der Waals surface area (Å²) in [5, 5.41) is 19.7. The molecule has 0 heterocycles. The van der Waals surface area contributed by atoms with E-state index in [1.54, 1.807) is 12.1 Å². The summed E-state index contributed by atoms with van der Waals surface area (Å²) in [5.74, 6) is -0.309. The van der Waals surface area contributed by atoms with Crippen LogP contribution < -0.4 is 0 Å². The van der Waals surface area contributed by atoms with Gasteiger partial charge in [-0.05, 0) is 36.6 Å². The minimum absolute atomic E-state index is 0.110. The summed E-state index contributed by atoms with van der Waals surface area (Å²) in [6, 6.07) is 16.1. The summed E-state index contributed by atoms with van der Waals surface area (Å²) in [6.45, 7) is 3.28. The molecule has 0 bridgehead atoms. The molecule has 0 saturated heterocycles. The number of aliphatic hydroxyl groups is 2. The summed E-state index contributed by atoms with van der Waals surface area (Å²) in [5.41, 5.74) is 1.85. The van der Waals surface area contributed by atoms with E-state index in [1.807, 2.05) is 37.3 Å². The van der Waals surface area contributed by atoms with Crippen LogP contribution in [0.15, 0.2) is 54.6 Å². The Morgan fingerprint density at radius 1 is 1.04 bits per heavy atom. The van der Waals surface area contributed by atoms with Crippen LogP contribution in [-0.4, -0.2) is 34.3 Å². The number of hydrogen-bond donors (Lipinski definition) is 2. The van der Waals surface area contributed by atoms with Crippen molar-refractivity contribution in [3.05, 3.63) is 71.5 Å². The Kier molecular flexibility index (Phi) is 6.71. The van der Waals surface area contributed by atoms with E-state index in [4.69, 9.17) is 0 Å². The SMILES string of the molecule is CC(CCO)N(Cc1ccccc1)CC(O)c1ccc(F)cc1. The van der Waals surface area contributed by atoms with Crippen molar-refractivity contribution in [2.75, 3.05) is 13.2 Å². The van der Waals surface area contributed by atoms with Crippen molar-refractivity contribution in [3.63, 3.8) is 0 Å². The molecule has 2 atom stereocenters. The zero-order chi connectivity index (χ0) is 16.7. The van der Waals surface area contributed by atoms with Crippen molar-refractivity contribution >= 4 is 0 Å². The Balaban J connectivity index is 2.08. The molecule has 0 amide bonds. The van der Waals surface area contributed by atoms with Crippen molar-refractivity contribution in [2.24, 2.45) is 0 Å². The Morgan fingerprint density at radius 2 is 1.70 bits per heavy atom. The lowest BCUT2D eigenvalue weighted by atomic mass is 10.1. The first-order chi connectivity index (χ1) is 11.1. The standard InChI is InChI=1S/C19H24FNO2/c1-15(11-12-22)21(13-16-5-3-2-4-6-16)14-19(23)17-7-9-18(20)10-8-17/h2-10,15,19,22-23H,11-14H2,1H3. The summed E-state index contributed by atoms with van der Waals surface area (Å²) in [7, 11) is 0. The average Bonchev–Trinajstić information content (AvgIpc) is 2.56. The van der Waals surface area contributed by atoms with Crippen LogP contribution in [0.5, 0.6) is 0 Å². The van der Waals surface area contributed by atoms with E-state index in [2.05, 4.69) is 4.90 Å². The van der Waals surface area contributed by atoms with E-state index in [-0.39, 0.29) is 18.5 Å². The Labute approximate surface area is 137 Å². The van der Waals surface area contributed by atoms with Crippen molar-refractivity contribution < 1.29 is 14.6 Å². The van der Waals surface area contributed by atoms with E-state index in [9.17, 15) is 14.6 Å². The molecule has 2 unspecified atom stereocenters. The van der Waals surface area contributed by atoms with E-state index in [0.29, 0.717) is 25.1 Å². The second-order valence-electron chi connectivity index (χ2n) is 5.84. The number of aliphatic hydroxyl groups excluding tert-OH is 2. The molecule has 0 aliphatic heterocycles. The highest BCUT2D eigenvalue weighted by molar-refractivity contribution is 5.19. The second kappa shape index (κ2) is 8.77. The van der Waals surface area contributed by atoms with Crippen LogP contribution in [0.25, 0.3) is 0 Å². The molecule has 0 aromatic heterocycles. The maximum atomic E-state index is 13.0. The predicted molar refractivity (Wildman–Crippen MR) is 89.4 cm³/mol. The summed E-state index contributed by atoms with van der Waals surface area (Å²) in [6.07, 6.45) is -0.0522. The van der Waals surface area contributed by atoms with Gasteiger partial charge in [-0.1, -0.05) is 42.5 Å². The van der Waals surface area contributed by atoms with Crippen molar-refractivity contribution in [3.8, 4) is 0 Å². The van der Waals surface area contributed by atoms with Crippen LogP contribution in [0.3, 0.4) is 0 Å². The zero-order valence-corrected chi connectivity index (χ0v) is 13.4. The van der Waals surface area contributed by atoms with Crippen LogP contribution in [0.4, 0.5) is 4.39 Å². The minimum Gasteiger partial charge on any atom is -0.396 e. The third-order valence-corrected chi connectivity index (χ3v) is 4.06. The van der Waals surface area contributed by atoms with E-state index >= 15 is 0 Å². The zero-order valence-electron chi connectivity index (χ0n) is 13.4. The van der Waals surface area contributed by atoms with Crippen molar-refractivity contribution in [1.82, 2.24) is 4.90 Å². The van der Waals surface area contributed by atoms with Gasteiger partial charge in [0, 0.05) is 25.7 Å². The molecule has 0 saturated carbocycles. The molecule has 2 aromatic carbocycles. The number of halogens is 1. The highest BCUT2D eigenvalue weighted by Crippen LogP contribution is 2.19. The minimum atomic E-state index is -0.694. The number of nitrogens with zero attached hydrogens (tertiary/aromatic N) is 1. The lowest BCUT2D eigenvalue weighted by molar-refractivity contribution is 0.0766. The fourth-order valence-electron chi connectivity index (χ4n) is 2.60. The van der Waals surface area contributed by atoms with Crippen LogP contribution in [0.1, 0.15) is 30.6 Å². The number of hydrogen-bond acceptors (Lipinski definition) is 3. The molecule has 23 heavy (non-hydrogen) atoms. The molecule has 2 aromatic rings. The smallest absolute Gasteiger partial charge is 0.123 e. The Hall–Kier alpha value is -1.75. The van der Waals surface area contributed by atoms with Crippen LogP contribution in [0, 0.1) is 5.82 Å². The molecule has 0 radical (unpaired) electrons. The maximum absolute atomic E-state index is 13.0. The summed E-state index contributed by atoms with van der Waals surface area (Å²) in [4.78, 5) is 2.14. The third-order valence-electron chi connectivity index (χ3n) is 4.06. The monoisotopic (exact) mass is 317 g/mol. The molecule has 0 fully saturated rings. The third kappa shape index (κ3) is 5.43. The van der Waals surface area contributed by atoms with Gasteiger partial charge in [0.05, 0.1) is 6.10 Å². The van der Waals surface area contributed by atoms with Gasteiger partial charge in [-0.3, -0.25) is 4.90 Å². The first kappa shape index (κ1) is 17.6. The maximum Gasteiger partial charge on any atom is 0.123 e. The van der Waals surface area contributed by atoms with Crippen molar-refractivity contribution in [2.45, 2.75) is 32.0 Å². The van der Waals surface area contributed by atoms with Gasteiger partial charge in [0.1, 0.15) is 5.82 Å². The van der Waals surface area contributed by atoms with Gasteiger partial charge in [-0.2, -0.15) is 0 Å². The Bertz CT molecular complexity index is 574. The quantitative estimate of drug-likeness (QED) is 0.786. The van der Waals surface area contributed by atoms with E-state index < -0.39 is 6.10 Å². The lowest BCUT2D eigenvalue weighted by Crippen LogP contribution is -2.36. The lowest BCUT2D eigenvalue weighted by Gasteiger charge is -2.31. The van der Waals surface area contributed by atoms with Gasteiger partial charge >= 0.3 is 0 Å². The average molecular weight is 317 g/mol. The first-order valence-electron chi connectivity index (χ1n) is 7.92. The molecule has 0 spiro atoms. The fraction of sp³-hybridized carbons (Fsp3) is 0.368. The highest BCUT2D eigenvalue weighted by Gasteiger charge is 2.19. The largest absolute Gasteiger partial charge is 0.396 e. The molecule has 3 nitrogen and oxygen atoms in total. The first-order valence-corrected chi connectivity index (χ1v) is 7.92. The van der Waals surface area contributed by atoms with Gasteiger partial charge in [0.2, 0.25) is 0 Å². The van der Waals surface area contributed by atoms with Crippen LogP contribution in [-0.2, 0) is 6.54 Å². The van der Waals surface area contributed by atoms with E-state index in [1.165, 1.54) is 12.1 Å². The molecule has 124 valence electrons. The van der Waals surface area contributed by atoms with Crippen LogP contribution >= 0.6 is 0 Å². The molecule has 4 heteroatoms. The molecular formula is C19H24FNO2. The number of benzene rings is 2. The van der Waals surface area contributed by atoms with E-state index in [0.717, 1.165) is 5.56 Å². The van der Waals surface area contributed by atoms with Gasteiger partial charge in [0.15, 0.2) is 0 Å². The molecule has 2 rings (SSSR count). The molecular weight excluding hydrogens is 293 g/mol. The van der Waals surface area contributed by atoms with Gasteiger partial charge in [-0.25, -0.2) is 4.39 Å². The second-order valence-corrected chi connectivity index (χ2v) is 5.84. The van der Waals surface area contributed by atoms with Crippen LogP contribution in [0.2, 0.25) is 0 Å². The molecule has 0 aliphatic rings. The fourth-order valence-corrected chi connectivity index (χ4v) is 2.60. The highest BCUT2D eigenvalue weighted by atomic mass is 19.1. The van der Waals surface area contributed by atoms with Crippen molar-refractivity contribution in [1.29, 1.82) is 0 Å². The summed E-state index contributed by atoms with van der Waals surface area (Å²) < 4.78 is 13.0. The van der Waals surface area contributed by atoms with Gasteiger partial charge in [0.25, 0.3) is 0 Å². The molecule has 2 N–H and O–H groups in total.